The molecule has 1 aliphatic carbocycles. The number of nitrogens with one attached hydrogen (secondary N) is 3. The van der Waals surface area contributed by atoms with Gasteiger partial charge in [0.25, 0.3) is 0 Å². The maximum atomic E-state index is 14.0. The van der Waals surface area contributed by atoms with Crippen LogP contribution < -0.4 is 36.0 Å². The monoisotopic (exact) mass is 1190 g/mol. The van der Waals surface area contributed by atoms with Crippen LogP contribution >= 0.6 is 11.3 Å². The minimum atomic E-state index is -0.747. The SMILES string of the molecule is COc1ccc(C(C(=O)NCc2ccc(C)cc2)N(C(=O)CCc2ccc(OCCCCN(C)CCOCCOCC/C(C=NCCOCCOc3ccc(NC(=O)Nc4nc(CC(=O)N5CCN(C)CC5)cs4)cc3)=N/N)cc2)C2CC2)cc1. The van der Waals surface area contributed by atoms with E-state index in [1.165, 1.54) is 11.3 Å². The number of amides is 5. The molecule has 1 aliphatic heterocycles. The molecule has 2 aliphatic rings. The predicted molar refractivity (Wildman–Crippen MR) is 332 cm³/mol. The van der Waals surface area contributed by atoms with Gasteiger partial charge in [0, 0.05) is 75.4 Å². The number of likely N-dealkylation sites (N-methyl/N-ethyl adjacent to an activating group) is 2. The summed E-state index contributed by atoms with van der Waals surface area (Å²) in [5.41, 5.74) is 5.79. The number of rotatable bonds is 37. The predicted octanol–water partition coefficient (Wildman–Crippen LogP) is 7.40. The highest BCUT2D eigenvalue weighted by Crippen LogP contribution is 2.36. The highest BCUT2D eigenvalue weighted by atomic mass is 32.1. The van der Waals surface area contributed by atoms with Crippen LogP contribution in [0.2, 0.25) is 0 Å². The average Bonchev–Trinajstić information content (AvgIpc) is 3.51. The van der Waals surface area contributed by atoms with Crippen LogP contribution in [0.25, 0.3) is 0 Å². The molecule has 1 atom stereocenters. The van der Waals surface area contributed by atoms with E-state index in [4.69, 9.17) is 34.3 Å². The molecule has 1 aromatic heterocycles. The molecule has 0 spiro atoms. The lowest BCUT2D eigenvalue weighted by molar-refractivity contribution is -0.141. The molecule has 5 amide bonds. The van der Waals surface area contributed by atoms with E-state index in [0.717, 1.165) is 79.9 Å². The Balaban J connectivity index is 0.660. The molecule has 5 aromatic rings. The summed E-state index contributed by atoms with van der Waals surface area (Å²) in [7, 11) is 5.74. The summed E-state index contributed by atoms with van der Waals surface area (Å²) >= 11 is 1.28. The van der Waals surface area contributed by atoms with Crippen LogP contribution in [0.3, 0.4) is 0 Å². The molecule has 2 fully saturated rings. The van der Waals surface area contributed by atoms with Crippen LogP contribution in [0.1, 0.15) is 72.5 Å². The van der Waals surface area contributed by atoms with Gasteiger partial charge in [-0.15, -0.1) is 11.3 Å². The quantitative estimate of drug-likeness (QED) is 0.0131. The number of anilines is 2. The zero-order valence-electron chi connectivity index (χ0n) is 49.7. The van der Waals surface area contributed by atoms with Gasteiger partial charge in [0.15, 0.2) is 5.13 Å². The van der Waals surface area contributed by atoms with Crippen LogP contribution in [-0.4, -0.2) is 186 Å². The number of aliphatic imine (C=N–C) groups is 1. The molecule has 1 saturated heterocycles. The fourth-order valence-electron chi connectivity index (χ4n) is 9.20. The first kappa shape index (κ1) is 65.1. The van der Waals surface area contributed by atoms with E-state index in [1.54, 1.807) is 47.9 Å². The third-order valence-corrected chi connectivity index (χ3v) is 15.2. The molecule has 21 nitrogen and oxygen atoms in total. The van der Waals surface area contributed by atoms with Crippen molar-refractivity contribution in [3.8, 4) is 17.2 Å². The summed E-state index contributed by atoms with van der Waals surface area (Å²) in [5.74, 6) is 7.51. The number of hydrazone groups is 1. The van der Waals surface area contributed by atoms with Crippen LogP contribution in [0.4, 0.5) is 15.6 Å². The molecular weight excluding hydrogens is 1100 g/mol. The van der Waals surface area contributed by atoms with Crippen LogP contribution in [0.15, 0.2) is 113 Å². The number of methoxy groups -OCH3 is 1. The van der Waals surface area contributed by atoms with Gasteiger partial charge in [-0.2, -0.15) is 5.10 Å². The maximum Gasteiger partial charge on any atom is 0.325 e. The molecule has 85 heavy (non-hydrogen) atoms. The Kier molecular flexibility index (Phi) is 27.4. The molecule has 0 bridgehead atoms. The van der Waals surface area contributed by atoms with Crippen molar-refractivity contribution >= 4 is 57.8 Å². The van der Waals surface area contributed by atoms with E-state index in [2.05, 4.69) is 47.9 Å². The van der Waals surface area contributed by atoms with Gasteiger partial charge in [0.05, 0.1) is 77.7 Å². The number of ether oxygens (including phenoxy) is 6. The molecular formula is C63H85N11O10S. The summed E-state index contributed by atoms with van der Waals surface area (Å²) in [5, 5.41) is 14.7. The molecule has 22 heteroatoms. The standard InChI is InChI=1S/C63H85N11O10S/c1-47-7-9-49(10-8-47)44-66-61(77)60(50-14-22-55(79-4)23-15-50)74(54-18-19-54)58(75)26-13-48-11-20-56(21-12-48)83-35-6-5-29-71(2)34-38-82-40-39-80-36-27-52(70-64)45-65-28-37-81-41-42-84-57-24-16-51(17-25-57)67-62(78)69-63-68-53(46-85-63)43-59(76)73-32-30-72(3)31-33-73/h7-12,14-17,20-25,45-46,54,60H,5-6,13,18-19,26-44,64H2,1-4H3,(H,66,77)(H2,67,68,69,78)/b65-45?,70-52-. The fourth-order valence-corrected chi connectivity index (χ4v) is 9.90. The second-order valence-corrected chi connectivity index (χ2v) is 22.0. The van der Waals surface area contributed by atoms with E-state index in [1.807, 2.05) is 91.7 Å². The highest BCUT2D eigenvalue weighted by molar-refractivity contribution is 7.14. The van der Waals surface area contributed by atoms with E-state index in [-0.39, 0.29) is 36.6 Å². The molecule has 2 heterocycles. The van der Waals surface area contributed by atoms with E-state index < -0.39 is 12.1 Å². The lowest BCUT2D eigenvalue weighted by Gasteiger charge is -2.32. The minimum absolute atomic E-state index is 0.0249. The number of carbonyl (C=O) groups excluding carboxylic acids is 4. The van der Waals surface area contributed by atoms with Crippen LogP contribution in [0, 0.1) is 6.92 Å². The summed E-state index contributed by atoms with van der Waals surface area (Å²) in [6.07, 6.45) is 6.86. The number of benzene rings is 4. The molecule has 4 aromatic carbocycles. The molecule has 1 unspecified atom stereocenters. The number of thiazole rings is 1. The zero-order valence-corrected chi connectivity index (χ0v) is 50.5. The maximum absolute atomic E-state index is 14.0. The molecule has 458 valence electrons. The second kappa shape index (κ2) is 35.7. The van der Waals surface area contributed by atoms with Crippen molar-refractivity contribution in [1.29, 1.82) is 0 Å². The van der Waals surface area contributed by atoms with Gasteiger partial charge < -0.3 is 64.5 Å². The molecule has 7 rings (SSSR count). The number of hydrogen-bond donors (Lipinski definition) is 4. The molecule has 0 radical (unpaired) electrons. The van der Waals surface area contributed by atoms with Gasteiger partial charge in [0.1, 0.15) is 29.9 Å². The summed E-state index contributed by atoms with van der Waals surface area (Å²) in [6, 6.07) is 29.3. The van der Waals surface area contributed by atoms with Gasteiger partial charge in [0.2, 0.25) is 17.7 Å². The minimum Gasteiger partial charge on any atom is -0.497 e. The summed E-state index contributed by atoms with van der Waals surface area (Å²) in [6.45, 7) is 11.4. The number of carbonyl (C=O) groups is 4. The number of aromatic nitrogens is 1. The number of urea groups is 1. The van der Waals surface area contributed by atoms with Crippen molar-refractivity contribution in [3.63, 3.8) is 0 Å². The Morgan fingerprint density at radius 2 is 1.41 bits per heavy atom. The Bertz CT molecular complexity index is 2860. The first-order valence-electron chi connectivity index (χ1n) is 29.3. The van der Waals surface area contributed by atoms with E-state index >= 15 is 0 Å². The average molecular weight is 1190 g/mol. The Labute approximate surface area is 504 Å². The number of piperazine rings is 1. The molecule has 1 saturated carbocycles. The van der Waals surface area contributed by atoms with Gasteiger partial charge in [-0.25, -0.2) is 9.78 Å². The lowest BCUT2D eigenvalue weighted by atomic mass is 10.0. The Morgan fingerprint density at radius 1 is 0.753 bits per heavy atom. The number of nitrogens with two attached hydrogens (primary N) is 1. The first-order valence-corrected chi connectivity index (χ1v) is 30.2. The van der Waals surface area contributed by atoms with Crippen molar-refractivity contribution in [1.82, 2.24) is 29.9 Å². The Morgan fingerprint density at radius 3 is 2.12 bits per heavy atom. The molecule has 5 N–H and O–H groups in total. The summed E-state index contributed by atoms with van der Waals surface area (Å²) < 4.78 is 34.4. The highest BCUT2D eigenvalue weighted by Gasteiger charge is 2.41. The third-order valence-electron chi connectivity index (χ3n) is 14.4. The normalized spacial score (nSPS) is 14.1. The van der Waals surface area contributed by atoms with Crippen molar-refractivity contribution in [2.75, 3.05) is 131 Å². The van der Waals surface area contributed by atoms with Crippen molar-refractivity contribution < 1.29 is 47.6 Å². The van der Waals surface area contributed by atoms with Crippen LogP contribution in [0.5, 0.6) is 17.2 Å². The van der Waals surface area contributed by atoms with Crippen molar-refractivity contribution in [2.24, 2.45) is 15.9 Å². The van der Waals surface area contributed by atoms with Gasteiger partial charge >= 0.3 is 6.03 Å². The van der Waals surface area contributed by atoms with Gasteiger partial charge in [-0.05, 0) is 125 Å². The van der Waals surface area contributed by atoms with Gasteiger partial charge in [-0.3, -0.25) is 24.7 Å². The first-order chi connectivity index (χ1) is 41.4. The smallest absolute Gasteiger partial charge is 0.325 e. The van der Waals surface area contributed by atoms with Gasteiger partial charge in [-0.1, -0.05) is 54.1 Å². The second-order valence-electron chi connectivity index (χ2n) is 21.1. The number of hydrogen-bond acceptors (Lipinski definition) is 17. The summed E-state index contributed by atoms with van der Waals surface area (Å²) in [4.78, 5) is 70.1. The zero-order chi connectivity index (χ0) is 60.0. The lowest BCUT2D eigenvalue weighted by Crippen LogP contribution is -2.47. The third kappa shape index (κ3) is 23.5. The van der Waals surface area contributed by atoms with E-state index in [9.17, 15) is 19.2 Å². The number of nitrogens with zero attached hydrogens (tertiary/aromatic N) is 7. The van der Waals surface area contributed by atoms with Crippen molar-refractivity contribution in [2.45, 2.75) is 76.9 Å². The van der Waals surface area contributed by atoms with E-state index in [0.29, 0.717) is 126 Å². The number of aryl methyl sites for hydroxylation is 2. The Hall–Kier alpha value is -7.47. The number of unbranched alkanes of at least 4 members (excludes halogenated alkanes) is 1. The largest absolute Gasteiger partial charge is 0.497 e. The topological polar surface area (TPSA) is 236 Å². The van der Waals surface area contributed by atoms with Crippen LogP contribution in [-0.2, 0) is 48.0 Å². The van der Waals surface area contributed by atoms with Crippen molar-refractivity contribution in [3.05, 3.63) is 130 Å². The fraction of sp³-hybridized carbons (Fsp3) is 0.476.